The molecule has 0 unspecified atom stereocenters. The summed E-state index contributed by atoms with van der Waals surface area (Å²) in [6.07, 6.45) is 9.06. The van der Waals surface area contributed by atoms with Gasteiger partial charge in [-0.25, -0.2) is 0 Å². The molecule has 2 rings (SSSR count). The number of fused-ring (bicyclic) bond motifs is 1. The van der Waals surface area contributed by atoms with Crippen LogP contribution in [-0.4, -0.2) is 0 Å². The van der Waals surface area contributed by atoms with Crippen molar-refractivity contribution in [3.8, 4) is 18.1 Å². The molecule has 1 aromatic rings. The second kappa shape index (κ2) is 2.84. The molecular formula is C12H8O. The van der Waals surface area contributed by atoms with Crippen molar-refractivity contribution in [3.05, 3.63) is 47.7 Å². The standard InChI is InChI=1S/C12H8O/c1-3-10-5-7-11-6-4-9(2)13-12(11)8-10/h1,4-8H,2H2. The number of ether oxygens (including phenoxy) is 1. The first kappa shape index (κ1) is 7.70. The first-order chi connectivity index (χ1) is 6.29. The highest BCUT2D eigenvalue weighted by Gasteiger charge is 2.07. The zero-order valence-electron chi connectivity index (χ0n) is 7.08. The van der Waals surface area contributed by atoms with Crippen LogP contribution in [0.4, 0.5) is 0 Å². The molecule has 0 fully saturated rings. The Morgan fingerprint density at radius 1 is 1.31 bits per heavy atom. The highest BCUT2D eigenvalue weighted by Crippen LogP contribution is 2.27. The number of benzene rings is 1. The molecule has 1 aliphatic rings. The molecule has 1 heteroatoms. The van der Waals surface area contributed by atoms with Gasteiger partial charge in [0.05, 0.1) is 0 Å². The molecule has 0 amide bonds. The molecule has 0 saturated carbocycles. The number of hydrogen-bond donors (Lipinski definition) is 0. The summed E-state index contributed by atoms with van der Waals surface area (Å²) in [5.74, 6) is 3.98. The van der Waals surface area contributed by atoms with Crippen LogP contribution >= 0.6 is 0 Å². The van der Waals surface area contributed by atoms with Crippen molar-refractivity contribution < 1.29 is 4.74 Å². The summed E-state index contributed by atoms with van der Waals surface area (Å²) in [5, 5.41) is 0. The van der Waals surface area contributed by atoms with Gasteiger partial charge in [-0.15, -0.1) is 6.42 Å². The summed E-state index contributed by atoms with van der Waals surface area (Å²) >= 11 is 0. The van der Waals surface area contributed by atoms with Crippen molar-refractivity contribution in [1.82, 2.24) is 0 Å². The molecule has 0 atom stereocenters. The second-order valence-electron chi connectivity index (χ2n) is 2.80. The van der Waals surface area contributed by atoms with Gasteiger partial charge in [0.15, 0.2) is 0 Å². The molecule has 0 radical (unpaired) electrons. The predicted octanol–water partition coefficient (Wildman–Crippen LogP) is 2.59. The van der Waals surface area contributed by atoms with Crippen LogP contribution in [0, 0.1) is 12.3 Å². The number of terminal acetylenes is 1. The van der Waals surface area contributed by atoms with Crippen molar-refractivity contribution in [2.45, 2.75) is 0 Å². The third-order valence-electron chi connectivity index (χ3n) is 1.87. The van der Waals surface area contributed by atoms with Crippen LogP contribution in [0.15, 0.2) is 36.6 Å². The van der Waals surface area contributed by atoms with Crippen LogP contribution < -0.4 is 4.74 Å². The normalized spacial score (nSPS) is 13.0. The Balaban J connectivity index is 2.54. The Hall–Kier alpha value is -1.94. The largest absolute Gasteiger partial charge is 0.457 e. The topological polar surface area (TPSA) is 9.23 Å². The molecule has 0 saturated heterocycles. The van der Waals surface area contributed by atoms with E-state index in [1.165, 1.54) is 0 Å². The van der Waals surface area contributed by atoms with Crippen molar-refractivity contribution in [2.75, 3.05) is 0 Å². The molecule has 1 aromatic carbocycles. The summed E-state index contributed by atoms with van der Waals surface area (Å²) < 4.78 is 5.40. The molecule has 1 heterocycles. The maximum absolute atomic E-state index is 5.40. The van der Waals surface area contributed by atoms with Gasteiger partial charge in [0.1, 0.15) is 11.5 Å². The molecule has 0 aliphatic carbocycles. The Labute approximate surface area is 77.3 Å². The summed E-state index contributed by atoms with van der Waals surface area (Å²) in [7, 11) is 0. The molecule has 0 bridgehead atoms. The lowest BCUT2D eigenvalue weighted by molar-refractivity contribution is 0.442. The van der Waals surface area contributed by atoms with Gasteiger partial charge in [-0.05, 0) is 30.4 Å². The molecule has 0 aromatic heterocycles. The monoisotopic (exact) mass is 168 g/mol. The van der Waals surface area contributed by atoms with E-state index in [1.54, 1.807) is 0 Å². The van der Waals surface area contributed by atoms with Crippen LogP contribution in [0.25, 0.3) is 6.08 Å². The quantitative estimate of drug-likeness (QED) is 0.541. The molecular weight excluding hydrogens is 160 g/mol. The van der Waals surface area contributed by atoms with E-state index in [-0.39, 0.29) is 0 Å². The second-order valence-corrected chi connectivity index (χ2v) is 2.80. The third-order valence-corrected chi connectivity index (χ3v) is 1.87. The Morgan fingerprint density at radius 3 is 2.92 bits per heavy atom. The van der Waals surface area contributed by atoms with Gasteiger partial charge in [-0.1, -0.05) is 12.5 Å². The fraction of sp³-hybridized carbons (Fsp3) is 0. The summed E-state index contributed by atoms with van der Waals surface area (Å²) in [6, 6.07) is 5.66. The summed E-state index contributed by atoms with van der Waals surface area (Å²) in [4.78, 5) is 0. The Bertz CT molecular complexity index is 433. The third kappa shape index (κ3) is 1.34. The van der Waals surface area contributed by atoms with Gasteiger partial charge in [0.25, 0.3) is 0 Å². The minimum atomic E-state index is 0.640. The molecule has 0 N–H and O–H groups in total. The lowest BCUT2D eigenvalue weighted by Crippen LogP contribution is -1.97. The van der Waals surface area contributed by atoms with E-state index < -0.39 is 0 Å². The summed E-state index contributed by atoms with van der Waals surface area (Å²) in [6.45, 7) is 3.71. The number of hydrogen-bond acceptors (Lipinski definition) is 1. The maximum atomic E-state index is 5.40. The highest BCUT2D eigenvalue weighted by molar-refractivity contribution is 5.64. The number of allylic oxidation sites excluding steroid dienone is 1. The van der Waals surface area contributed by atoms with E-state index in [2.05, 4.69) is 12.5 Å². The molecule has 0 spiro atoms. The minimum Gasteiger partial charge on any atom is -0.457 e. The van der Waals surface area contributed by atoms with Crippen LogP contribution in [-0.2, 0) is 0 Å². The van der Waals surface area contributed by atoms with Crippen molar-refractivity contribution in [3.63, 3.8) is 0 Å². The maximum Gasteiger partial charge on any atom is 0.135 e. The van der Waals surface area contributed by atoms with Gasteiger partial charge in [0, 0.05) is 11.1 Å². The van der Waals surface area contributed by atoms with E-state index in [0.717, 1.165) is 16.9 Å². The van der Waals surface area contributed by atoms with Crippen molar-refractivity contribution in [2.24, 2.45) is 0 Å². The zero-order chi connectivity index (χ0) is 9.26. The van der Waals surface area contributed by atoms with Crippen LogP contribution in [0.3, 0.4) is 0 Å². The van der Waals surface area contributed by atoms with E-state index >= 15 is 0 Å². The molecule has 13 heavy (non-hydrogen) atoms. The zero-order valence-corrected chi connectivity index (χ0v) is 7.08. The smallest absolute Gasteiger partial charge is 0.135 e. The van der Waals surface area contributed by atoms with E-state index in [0.29, 0.717) is 5.76 Å². The van der Waals surface area contributed by atoms with Crippen LogP contribution in [0.5, 0.6) is 5.75 Å². The van der Waals surface area contributed by atoms with Crippen LogP contribution in [0.2, 0.25) is 0 Å². The fourth-order valence-electron chi connectivity index (χ4n) is 1.21. The fourth-order valence-corrected chi connectivity index (χ4v) is 1.21. The highest BCUT2D eigenvalue weighted by atomic mass is 16.5. The van der Waals surface area contributed by atoms with Crippen molar-refractivity contribution >= 4 is 6.08 Å². The van der Waals surface area contributed by atoms with Crippen molar-refractivity contribution in [1.29, 1.82) is 0 Å². The lowest BCUT2D eigenvalue weighted by atomic mass is 10.1. The Kier molecular flexibility index (Phi) is 1.68. The Morgan fingerprint density at radius 2 is 2.15 bits per heavy atom. The van der Waals surface area contributed by atoms with Gasteiger partial charge >= 0.3 is 0 Å². The van der Waals surface area contributed by atoms with Gasteiger partial charge in [-0.3, -0.25) is 0 Å². The van der Waals surface area contributed by atoms with Crippen LogP contribution in [0.1, 0.15) is 11.1 Å². The first-order valence-corrected chi connectivity index (χ1v) is 3.95. The lowest BCUT2D eigenvalue weighted by Gasteiger charge is -2.13. The van der Waals surface area contributed by atoms with Gasteiger partial charge in [-0.2, -0.15) is 0 Å². The minimum absolute atomic E-state index is 0.640. The SMILES string of the molecule is C#Cc1ccc2c(c1)OC(=C)C=C2. The first-order valence-electron chi connectivity index (χ1n) is 3.95. The molecule has 1 aliphatic heterocycles. The number of rotatable bonds is 0. The molecule has 62 valence electrons. The average molecular weight is 168 g/mol. The van der Waals surface area contributed by atoms with E-state index in [1.807, 2.05) is 30.4 Å². The van der Waals surface area contributed by atoms with Gasteiger partial charge in [0.2, 0.25) is 0 Å². The van der Waals surface area contributed by atoms with Gasteiger partial charge < -0.3 is 4.74 Å². The molecule has 1 nitrogen and oxygen atoms in total. The van der Waals surface area contributed by atoms with E-state index in [4.69, 9.17) is 11.2 Å². The summed E-state index contributed by atoms with van der Waals surface area (Å²) in [5.41, 5.74) is 1.85. The van der Waals surface area contributed by atoms with E-state index in [9.17, 15) is 0 Å². The predicted molar refractivity (Wildman–Crippen MR) is 53.2 cm³/mol. The average Bonchev–Trinajstić information content (AvgIpc) is 2.16.